The molecule has 2 aromatic carbocycles. The molecule has 2 N–H and O–H groups in total. The second kappa shape index (κ2) is 24.8. The van der Waals surface area contributed by atoms with Gasteiger partial charge in [0, 0.05) is 68.3 Å². The number of likely N-dealkylation sites (tertiary alicyclic amines) is 1. The largest absolute Gasteiger partial charge is 0.467 e. The Kier molecular flexibility index (Phi) is 19.2. The average Bonchev–Trinajstić information content (AvgIpc) is 3.91. The van der Waals surface area contributed by atoms with Gasteiger partial charge in [0.15, 0.2) is 0 Å². The fourth-order valence-electron chi connectivity index (χ4n) is 9.38. The van der Waals surface area contributed by atoms with Gasteiger partial charge in [-0.15, -0.1) is 5.92 Å². The Balaban J connectivity index is 0.00000208. The molecule has 4 aromatic rings. The van der Waals surface area contributed by atoms with Gasteiger partial charge in [-0.05, 0) is 112 Å². The number of fused-ring (bicyclic) bond motifs is 1. The molecule has 0 saturated carbocycles. The first kappa shape index (κ1) is 52.8. The Hall–Kier alpha value is -6.14. The fourth-order valence-corrected chi connectivity index (χ4v) is 9.38. The molecule has 2 aliphatic rings. The van der Waals surface area contributed by atoms with Crippen LogP contribution in [-0.4, -0.2) is 121 Å². The van der Waals surface area contributed by atoms with Crippen molar-refractivity contribution in [2.24, 2.45) is 17.3 Å². The summed E-state index contributed by atoms with van der Waals surface area (Å²) in [5.41, 5.74) is 10.4. The maximum Gasteiger partial charge on any atom is 0.293 e. The standard InChI is InChI=1S/C51H67N7O6.C3H4O/c1-10-11-24-57-44-20-19-38(29-41(44)42(30-51(5,6)32-64-33-59)47(57)40-18-15-22-52-45(40)35(4)63-9)37-17-14-16-36(27-37)28-43(50(62)58-25-13-12-23-53-58)54-48(60)46(34(2)3)56(8)49(61)39-21-26-55(7)31-39;1-2-3-4/h14-20,22,27,29,33-35,39,43,46,53H,12-13,21,23-26,28,30-32H2,1-9H3,(H,54,60);2-3H,1H2/t35?,39-,43?,46?;/m0./s1. The molecule has 3 unspecified atom stereocenters. The zero-order valence-electron chi connectivity index (χ0n) is 41.5. The number of carbonyl (C=O) groups is 5. The van der Waals surface area contributed by atoms with Crippen molar-refractivity contribution in [3.63, 3.8) is 0 Å². The van der Waals surface area contributed by atoms with E-state index in [4.69, 9.17) is 19.3 Å². The molecule has 2 aromatic heterocycles. The van der Waals surface area contributed by atoms with Crippen molar-refractivity contribution in [2.45, 2.75) is 98.4 Å². The van der Waals surface area contributed by atoms with Crippen LogP contribution in [0.2, 0.25) is 0 Å². The van der Waals surface area contributed by atoms with Crippen molar-refractivity contribution in [1.82, 2.24) is 35.1 Å². The second-order valence-corrected chi connectivity index (χ2v) is 19.0. The minimum atomic E-state index is -0.875. The lowest BCUT2D eigenvalue weighted by Gasteiger charge is -2.35. The highest BCUT2D eigenvalue weighted by Crippen LogP contribution is 2.42. The minimum Gasteiger partial charge on any atom is -0.467 e. The summed E-state index contributed by atoms with van der Waals surface area (Å²) in [4.78, 5) is 71.3. The van der Waals surface area contributed by atoms with Crippen LogP contribution >= 0.6 is 0 Å². The number of benzene rings is 2. The minimum absolute atomic E-state index is 0.0457. The molecule has 4 heterocycles. The van der Waals surface area contributed by atoms with E-state index in [1.807, 2.05) is 52.9 Å². The molecule has 0 radical (unpaired) electrons. The number of ether oxygens (including phenoxy) is 2. The van der Waals surface area contributed by atoms with Gasteiger partial charge < -0.3 is 29.2 Å². The first-order valence-corrected chi connectivity index (χ1v) is 23.6. The van der Waals surface area contributed by atoms with Crippen molar-refractivity contribution < 1.29 is 33.4 Å². The number of amides is 3. The van der Waals surface area contributed by atoms with Crippen molar-refractivity contribution in [1.29, 1.82) is 0 Å². The zero-order chi connectivity index (χ0) is 49.5. The van der Waals surface area contributed by atoms with Crippen LogP contribution in [0.4, 0.5) is 0 Å². The predicted molar refractivity (Wildman–Crippen MR) is 267 cm³/mol. The monoisotopic (exact) mass is 930 g/mol. The Labute approximate surface area is 402 Å². The van der Waals surface area contributed by atoms with Crippen molar-refractivity contribution in [3.05, 3.63) is 90.3 Å². The number of allylic oxidation sites excluding steroid dienone is 1. The highest BCUT2D eigenvalue weighted by Gasteiger charge is 2.38. The van der Waals surface area contributed by atoms with Gasteiger partial charge in [0.25, 0.3) is 12.4 Å². The topological polar surface area (TPSA) is 155 Å². The number of rotatable bonds is 19. The van der Waals surface area contributed by atoms with Crippen LogP contribution < -0.4 is 10.7 Å². The maximum atomic E-state index is 14.3. The Bertz CT molecular complexity index is 2460. The van der Waals surface area contributed by atoms with Crippen LogP contribution in [-0.2, 0) is 52.8 Å². The first-order chi connectivity index (χ1) is 32.6. The smallest absolute Gasteiger partial charge is 0.293 e. The van der Waals surface area contributed by atoms with Crippen LogP contribution in [0.5, 0.6) is 0 Å². The summed E-state index contributed by atoms with van der Waals surface area (Å²) in [5, 5.41) is 5.80. The van der Waals surface area contributed by atoms with E-state index >= 15 is 0 Å². The van der Waals surface area contributed by atoms with Crippen LogP contribution in [0.15, 0.2) is 73.4 Å². The number of likely N-dealkylation sites (N-methyl/N-ethyl adjacent to an activating group) is 1. The molecule has 6 rings (SSSR count). The Morgan fingerprint density at radius 1 is 1.06 bits per heavy atom. The van der Waals surface area contributed by atoms with Crippen LogP contribution in [0.3, 0.4) is 0 Å². The van der Waals surface area contributed by atoms with E-state index in [9.17, 15) is 19.2 Å². The summed E-state index contributed by atoms with van der Waals surface area (Å²) >= 11 is 0. The van der Waals surface area contributed by atoms with Crippen molar-refractivity contribution in [2.75, 3.05) is 54.0 Å². The van der Waals surface area contributed by atoms with Gasteiger partial charge >= 0.3 is 0 Å². The van der Waals surface area contributed by atoms with Crippen LogP contribution in [0, 0.1) is 29.1 Å². The van der Waals surface area contributed by atoms with E-state index in [-0.39, 0.29) is 48.7 Å². The number of hydrogen-bond donors (Lipinski definition) is 2. The lowest BCUT2D eigenvalue weighted by Crippen LogP contribution is -2.59. The number of hydrazine groups is 1. The molecular weight excluding hydrogens is 859 g/mol. The molecule has 2 aliphatic heterocycles. The van der Waals surface area contributed by atoms with Crippen molar-refractivity contribution >= 4 is 41.4 Å². The number of hydrogen-bond acceptors (Lipinski definition) is 10. The van der Waals surface area contributed by atoms with Gasteiger partial charge in [0.05, 0.1) is 36.6 Å². The van der Waals surface area contributed by atoms with Crippen molar-refractivity contribution in [3.8, 4) is 34.2 Å². The van der Waals surface area contributed by atoms with Crippen LogP contribution in [0.1, 0.15) is 83.7 Å². The van der Waals surface area contributed by atoms with Gasteiger partial charge in [-0.1, -0.05) is 70.5 Å². The van der Waals surface area contributed by atoms with Gasteiger partial charge in [-0.25, -0.2) is 5.43 Å². The van der Waals surface area contributed by atoms with Gasteiger partial charge in [-0.3, -0.25) is 34.0 Å². The second-order valence-electron chi connectivity index (χ2n) is 19.0. The maximum absolute atomic E-state index is 14.3. The molecule has 0 aliphatic carbocycles. The molecule has 0 spiro atoms. The lowest BCUT2D eigenvalue weighted by molar-refractivity contribution is -0.145. The SMILES string of the molecule is C=CC=O.CC#CCn1c(-c2cccnc2C(C)OC)c(CC(C)(C)COC=O)c2cc(-c3cccc(CC(NC(=O)C(C(C)C)N(C)C(=O)[C@H]4CCN(C)C4)C(=O)N4CCCCN4)c3)ccc21. The number of aldehydes is 1. The summed E-state index contributed by atoms with van der Waals surface area (Å²) in [6.07, 6.45) is 6.76. The molecule has 14 heteroatoms. The van der Waals surface area contributed by atoms with E-state index < -0.39 is 17.5 Å². The third-order valence-electron chi connectivity index (χ3n) is 12.8. The number of carbonyl (C=O) groups excluding carboxylic acids is 5. The Morgan fingerprint density at radius 3 is 2.44 bits per heavy atom. The fraction of sp³-hybridized carbons (Fsp3) is 0.481. The predicted octanol–water partition coefficient (Wildman–Crippen LogP) is 6.80. The quantitative estimate of drug-likeness (QED) is 0.0583. The summed E-state index contributed by atoms with van der Waals surface area (Å²) in [6.45, 7) is 18.9. The number of pyridine rings is 1. The molecule has 2 fully saturated rings. The van der Waals surface area contributed by atoms with Gasteiger partial charge in [0.1, 0.15) is 18.4 Å². The van der Waals surface area contributed by atoms with Gasteiger partial charge in [-0.2, -0.15) is 0 Å². The van der Waals surface area contributed by atoms with E-state index in [2.05, 4.69) is 88.9 Å². The van der Waals surface area contributed by atoms with E-state index in [0.29, 0.717) is 45.4 Å². The third-order valence-corrected chi connectivity index (χ3v) is 12.8. The zero-order valence-corrected chi connectivity index (χ0v) is 41.5. The van der Waals surface area contributed by atoms with E-state index in [1.54, 1.807) is 30.3 Å². The molecule has 4 atom stereocenters. The highest BCUT2D eigenvalue weighted by atomic mass is 16.5. The molecule has 68 heavy (non-hydrogen) atoms. The molecule has 0 bridgehead atoms. The molecule has 2 saturated heterocycles. The Morgan fingerprint density at radius 2 is 1.81 bits per heavy atom. The van der Waals surface area contributed by atoms with E-state index in [0.717, 1.165) is 75.9 Å². The molecule has 364 valence electrons. The summed E-state index contributed by atoms with van der Waals surface area (Å²) in [6, 6.07) is 17.0. The summed E-state index contributed by atoms with van der Waals surface area (Å²) < 4.78 is 13.4. The van der Waals surface area contributed by atoms with Gasteiger partial charge in [0.2, 0.25) is 11.8 Å². The summed E-state index contributed by atoms with van der Waals surface area (Å²) in [7, 11) is 5.40. The number of methoxy groups -OCH3 is 1. The van der Waals surface area contributed by atoms with Crippen LogP contribution in [0.25, 0.3) is 33.3 Å². The summed E-state index contributed by atoms with van der Waals surface area (Å²) in [5.74, 6) is 5.45. The molecule has 14 nitrogen and oxygen atoms in total. The number of nitrogens with one attached hydrogen (secondary N) is 2. The molecule has 3 amide bonds. The highest BCUT2D eigenvalue weighted by molar-refractivity contribution is 5.96. The van der Waals surface area contributed by atoms with E-state index in [1.165, 1.54) is 6.08 Å². The first-order valence-electron chi connectivity index (χ1n) is 23.6. The lowest BCUT2D eigenvalue weighted by atomic mass is 9.84. The number of nitrogens with zero attached hydrogens (tertiary/aromatic N) is 5. The average molecular weight is 930 g/mol. The number of aromatic nitrogens is 2. The molecular formula is C54H71N7O7. The third kappa shape index (κ3) is 13.1. The normalized spacial score (nSPS) is 16.4.